The zero-order valence-electron chi connectivity index (χ0n) is 12.2. The van der Waals surface area contributed by atoms with E-state index in [1.54, 1.807) is 6.92 Å². The highest BCUT2D eigenvalue weighted by molar-refractivity contribution is 5.85. The fourth-order valence-electron chi connectivity index (χ4n) is 1.94. The number of nitrogens with one attached hydrogen (secondary N) is 1. The molecule has 0 aliphatic rings. The van der Waals surface area contributed by atoms with Crippen molar-refractivity contribution < 1.29 is 9.90 Å². The van der Waals surface area contributed by atoms with Crippen LogP contribution in [-0.4, -0.2) is 29.7 Å². The Bertz CT molecular complexity index is 243. The predicted octanol–water partition coefficient (Wildman–Crippen LogP) is 1.69. The Morgan fingerprint density at radius 2 is 1.83 bits per heavy atom. The third-order valence-corrected chi connectivity index (χ3v) is 2.65. The quantitative estimate of drug-likeness (QED) is 0.664. The third-order valence-electron chi connectivity index (χ3n) is 2.65. The van der Waals surface area contributed by atoms with Gasteiger partial charge in [0.1, 0.15) is 0 Å². The summed E-state index contributed by atoms with van der Waals surface area (Å²) in [4.78, 5) is 11.7. The molecule has 0 aromatic rings. The molecule has 110 valence electrons. The van der Waals surface area contributed by atoms with Gasteiger partial charge in [-0.05, 0) is 31.1 Å². The molecule has 1 unspecified atom stereocenters. The SMILES string of the molecule is CC(C)C[C@H](N)C(=O)NCC(C)(C)CC(C)O.Cl. The predicted molar refractivity (Wildman–Crippen MR) is 77.8 cm³/mol. The van der Waals surface area contributed by atoms with E-state index in [0.29, 0.717) is 25.3 Å². The normalized spacial score (nSPS) is 14.9. The average molecular weight is 281 g/mol. The number of hydrogen-bond acceptors (Lipinski definition) is 3. The first-order valence-electron chi connectivity index (χ1n) is 6.35. The highest BCUT2D eigenvalue weighted by Gasteiger charge is 2.22. The van der Waals surface area contributed by atoms with E-state index >= 15 is 0 Å². The molecule has 0 saturated carbocycles. The molecule has 0 radical (unpaired) electrons. The fraction of sp³-hybridized carbons (Fsp3) is 0.923. The van der Waals surface area contributed by atoms with E-state index in [-0.39, 0.29) is 29.8 Å². The summed E-state index contributed by atoms with van der Waals surface area (Å²) in [6.07, 6.45) is 1.00. The highest BCUT2D eigenvalue weighted by atomic mass is 35.5. The first kappa shape index (κ1) is 20.0. The second-order valence-corrected chi connectivity index (χ2v) is 6.17. The van der Waals surface area contributed by atoms with Crippen molar-refractivity contribution in [3.8, 4) is 0 Å². The minimum atomic E-state index is -0.433. The van der Waals surface area contributed by atoms with Crippen molar-refractivity contribution >= 4 is 18.3 Å². The van der Waals surface area contributed by atoms with Gasteiger partial charge in [-0.1, -0.05) is 27.7 Å². The summed E-state index contributed by atoms with van der Waals surface area (Å²) in [7, 11) is 0. The number of carbonyl (C=O) groups is 1. The standard InChI is InChI=1S/C13H28N2O2.ClH/c1-9(2)6-11(14)12(17)15-8-13(4,5)7-10(3)16;/h9-11,16H,6-8,14H2,1-5H3,(H,15,17);1H/t10?,11-;/m0./s1. The second kappa shape index (κ2) is 8.73. The molecule has 4 N–H and O–H groups in total. The molecule has 1 amide bonds. The van der Waals surface area contributed by atoms with Crippen LogP contribution < -0.4 is 11.1 Å². The molecular weight excluding hydrogens is 252 g/mol. The van der Waals surface area contributed by atoms with Gasteiger partial charge in [0.2, 0.25) is 5.91 Å². The molecule has 2 atom stereocenters. The van der Waals surface area contributed by atoms with Crippen molar-refractivity contribution in [2.75, 3.05) is 6.54 Å². The smallest absolute Gasteiger partial charge is 0.236 e. The van der Waals surface area contributed by atoms with Crippen LogP contribution in [0.4, 0.5) is 0 Å². The maximum Gasteiger partial charge on any atom is 0.236 e. The van der Waals surface area contributed by atoms with Crippen molar-refractivity contribution in [3.63, 3.8) is 0 Å². The Morgan fingerprint density at radius 1 is 1.33 bits per heavy atom. The summed E-state index contributed by atoms with van der Waals surface area (Å²) in [6, 6.07) is -0.433. The van der Waals surface area contributed by atoms with Gasteiger partial charge >= 0.3 is 0 Å². The number of nitrogens with two attached hydrogens (primary N) is 1. The maximum absolute atomic E-state index is 11.7. The first-order valence-corrected chi connectivity index (χ1v) is 6.35. The van der Waals surface area contributed by atoms with Crippen LogP contribution in [0.15, 0.2) is 0 Å². The molecule has 0 spiro atoms. The molecule has 0 bridgehead atoms. The number of hydrogen-bond donors (Lipinski definition) is 3. The number of carbonyl (C=O) groups excluding carboxylic acids is 1. The molecule has 0 saturated heterocycles. The van der Waals surface area contributed by atoms with Crippen molar-refractivity contribution in [1.29, 1.82) is 0 Å². The van der Waals surface area contributed by atoms with E-state index in [2.05, 4.69) is 5.32 Å². The van der Waals surface area contributed by atoms with Crippen molar-refractivity contribution in [2.24, 2.45) is 17.1 Å². The Labute approximate surface area is 117 Å². The topological polar surface area (TPSA) is 75.4 Å². The van der Waals surface area contributed by atoms with E-state index in [0.717, 1.165) is 0 Å². The largest absolute Gasteiger partial charge is 0.393 e. The lowest BCUT2D eigenvalue weighted by molar-refractivity contribution is -0.123. The maximum atomic E-state index is 11.7. The molecule has 5 heteroatoms. The van der Waals surface area contributed by atoms with Gasteiger partial charge in [0.25, 0.3) is 0 Å². The van der Waals surface area contributed by atoms with E-state index < -0.39 is 6.04 Å². The Morgan fingerprint density at radius 3 is 2.22 bits per heavy atom. The van der Waals surface area contributed by atoms with Gasteiger partial charge < -0.3 is 16.2 Å². The number of amides is 1. The Kier molecular flexibility index (Phi) is 9.70. The van der Waals surface area contributed by atoms with Crippen molar-refractivity contribution in [3.05, 3.63) is 0 Å². The summed E-state index contributed by atoms with van der Waals surface area (Å²) in [5.74, 6) is 0.318. The summed E-state index contributed by atoms with van der Waals surface area (Å²) in [6.45, 7) is 10.4. The summed E-state index contributed by atoms with van der Waals surface area (Å²) in [5, 5.41) is 12.2. The van der Waals surface area contributed by atoms with Crippen LogP contribution in [0.1, 0.15) is 47.5 Å². The van der Waals surface area contributed by atoms with Crippen molar-refractivity contribution in [2.45, 2.75) is 59.6 Å². The Balaban J connectivity index is 0. The van der Waals surface area contributed by atoms with Gasteiger partial charge in [-0.15, -0.1) is 12.4 Å². The van der Waals surface area contributed by atoms with Gasteiger partial charge in [0.15, 0.2) is 0 Å². The van der Waals surface area contributed by atoms with Crippen LogP contribution in [0.5, 0.6) is 0 Å². The number of aliphatic hydroxyl groups is 1. The van der Waals surface area contributed by atoms with Crippen LogP contribution in [0, 0.1) is 11.3 Å². The zero-order valence-corrected chi connectivity index (χ0v) is 13.0. The molecular formula is C13H29ClN2O2. The van der Waals surface area contributed by atoms with Gasteiger partial charge in [0.05, 0.1) is 12.1 Å². The van der Waals surface area contributed by atoms with Crippen molar-refractivity contribution in [1.82, 2.24) is 5.32 Å². The lowest BCUT2D eigenvalue weighted by Gasteiger charge is -2.27. The Hall–Kier alpha value is -0.320. The van der Waals surface area contributed by atoms with Crippen LogP contribution in [-0.2, 0) is 4.79 Å². The average Bonchev–Trinajstić information content (AvgIpc) is 2.11. The molecule has 0 aliphatic heterocycles. The molecule has 0 rings (SSSR count). The molecule has 0 aromatic carbocycles. The van der Waals surface area contributed by atoms with Crippen LogP contribution in [0.25, 0.3) is 0 Å². The second-order valence-electron chi connectivity index (χ2n) is 6.17. The summed E-state index contributed by atoms with van der Waals surface area (Å²) >= 11 is 0. The lowest BCUT2D eigenvalue weighted by Crippen LogP contribution is -2.45. The zero-order chi connectivity index (χ0) is 13.6. The van der Waals surface area contributed by atoms with Gasteiger partial charge in [0, 0.05) is 6.54 Å². The summed E-state index contributed by atoms with van der Waals surface area (Å²) in [5.41, 5.74) is 5.68. The minimum absolute atomic E-state index is 0. The molecule has 0 aromatic heterocycles. The van der Waals surface area contributed by atoms with Gasteiger partial charge in [-0.25, -0.2) is 0 Å². The highest BCUT2D eigenvalue weighted by Crippen LogP contribution is 2.21. The minimum Gasteiger partial charge on any atom is -0.393 e. The molecule has 4 nitrogen and oxygen atoms in total. The fourth-order valence-corrected chi connectivity index (χ4v) is 1.94. The third kappa shape index (κ3) is 9.68. The van der Waals surface area contributed by atoms with Gasteiger partial charge in [-0.3, -0.25) is 4.79 Å². The molecule has 18 heavy (non-hydrogen) atoms. The molecule has 0 aliphatic carbocycles. The number of halogens is 1. The molecule has 0 heterocycles. The lowest BCUT2D eigenvalue weighted by atomic mass is 9.87. The van der Waals surface area contributed by atoms with Crippen LogP contribution >= 0.6 is 12.4 Å². The van der Waals surface area contributed by atoms with E-state index in [1.165, 1.54) is 0 Å². The first-order chi connectivity index (χ1) is 7.64. The van der Waals surface area contributed by atoms with E-state index in [9.17, 15) is 9.90 Å². The molecule has 0 fully saturated rings. The van der Waals surface area contributed by atoms with Gasteiger partial charge in [-0.2, -0.15) is 0 Å². The van der Waals surface area contributed by atoms with Crippen LogP contribution in [0.3, 0.4) is 0 Å². The van der Waals surface area contributed by atoms with E-state index in [4.69, 9.17) is 5.73 Å². The monoisotopic (exact) mass is 280 g/mol. The van der Waals surface area contributed by atoms with E-state index in [1.807, 2.05) is 27.7 Å². The number of rotatable bonds is 7. The number of aliphatic hydroxyl groups excluding tert-OH is 1. The summed E-state index contributed by atoms with van der Waals surface area (Å²) < 4.78 is 0. The van der Waals surface area contributed by atoms with Crippen LogP contribution in [0.2, 0.25) is 0 Å².